The maximum absolute atomic E-state index is 5.91. The zero-order chi connectivity index (χ0) is 12.5. The van der Waals surface area contributed by atoms with Crippen LogP contribution in [0.2, 0.25) is 0 Å². The molecule has 0 unspecified atom stereocenters. The van der Waals surface area contributed by atoms with E-state index in [0.717, 1.165) is 24.5 Å². The number of nitrogens with one attached hydrogen (secondary N) is 2. The van der Waals surface area contributed by atoms with Gasteiger partial charge in [0.1, 0.15) is 11.6 Å². The number of nitrogens with zero attached hydrogens (tertiary/aromatic N) is 4. The molecule has 0 saturated carbocycles. The Balaban J connectivity index is 1.70. The van der Waals surface area contributed by atoms with Gasteiger partial charge in [-0.25, -0.2) is 4.68 Å². The van der Waals surface area contributed by atoms with Crippen molar-refractivity contribution in [1.29, 1.82) is 0 Å². The molecule has 7 nitrogen and oxygen atoms in total. The summed E-state index contributed by atoms with van der Waals surface area (Å²) in [6.07, 6.45) is 3.60. The second-order valence-corrected chi connectivity index (χ2v) is 4.51. The zero-order valence-corrected chi connectivity index (χ0v) is 10.3. The summed E-state index contributed by atoms with van der Waals surface area (Å²) in [7, 11) is 1.84. The molecule has 1 aliphatic heterocycles. The summed E-state index contributed by atoms with van der Waals surface area (Å²) in [4.78, 5) is 0. The number of aryl methyl sites for hydroxylation is 1. The van der Waals surface area contributed by atoms with Gasteiger partial charge in [0.2, 0.25) is 0 Å². The van der Waals surface area contributed by atoms with Gasteiger partial charge in [-0.3, -0.25) is 4.68 Å². The SMILES string of the molecule is Cn1ncc(CNc2ccnn2C2CNC2)c1N. The molecule has 4 N–H and O–H groups in total. The third-order valence-electron chi connectivity index (χ3n) is 3.30. The van der Waals surface area contributed by atoms with Crippen LogP contribution in [-0.2, 0) is 13.6 Å². The minimum Gasteiger partial charge on any atom is -0.384 e. The van der Waals surface area contributed by atoms with Gasteiger partial charge in [0.25, 0.3) is 0 Å². The maximum atomic E-state index is 5.91. The molecule has 0 aromatic carbocycles. The van der Waals surface area contributed by atoms with Crippen molar-refractivity contribution in [2.75, 3.05) is 24.1 Å². The Bertz CT molecular complexity index is 537. The standard InChI is InChI=1S/C11H17N7/c1-17-11(12)8(5-16-17)4-14-10-2-3-15-18(10)9-6-13-7-9/h2-3,5,9,13-14H,4,6-7,12H2,1H3. The first kappa shape index (κ1) is 11.1. The van der Waals surface area contributed by atoms with Crippen molar-refractivity contribution in [3.8, 4) is 0 Å². The van der Waals surface area contributed by atoms with E-state index >= 15 is 0 Å². The monoisotopic (exact) mass is 247 g/mol. The normalized spacial score (nSPS) is 15.6. The first-order valence-corrected chi connectivity index (χ1v) is 6.00. The smallest absolute Gasteiger partial charge is 0.126 e. The number of hydrogen-bond donors (Lipinski definition) is 3. The lowest BCUT2D eigenvalue weighted by molar-refractivity contribution is 0.321. The van der Waals surface area contributed by atoms with Crippen molar-refractivity contribution in [3.63, 3.8) is 0 Å². The Labute approximate surface area is 105 Å². The molecule has 3 heterocycles. The highest BCUT2D eigenvalue weighted by Gasteiger charge is 2.21. The lowest BCUT2D eigenvalue weighted by Crippen LogP contribution is -2.44. The molecule has 1 saturated heterocycles. The van der Waals surface area contributed by atoms with Gasteiger partial charge in [0.05, 0.1) is 18.4 Å². The summed E-state index contributed by atoms with van der Waals surface area (Å²) in [5, 5.41) is 15.1. The molecule has 0 amide bonds. The van der Waals surface area contributed by atoms with E-state index in [9.17, 15) is 0 Å². The molecule has 3 rings (SSSR count). The van der Waals surface area contributed by atoms with Crippen molar-refractivity contribution in [2.45, 2.75) is 12.6 Å². The van der Waals surface area contributed by atoms with E-state index in [-0.39, 0.29) is 0 Å². The van der Waals surface area contributed by atoms with Gasteiger partial charge < -0.3 is 16.4 Å². The minimum atomic E-state index is 0.453. The van der Waals surface area contributed by atoms with E-state index in [2.05, 4.69) is 20.8 Å². The van der Waals surface area contributed by atoms with Crippen LogP contribution in [0.1, 0.15) is 11.6 Å². The molecule has 0 bridgehead atoms. The Kier molecular flexibility index (Phi) is 2.67. The van der Waals surface area contributed by atoms with Crippen LogP contribution in [0.3, 0.4) is 0 Å². The zero-order valence-electron chi connectivity index (χ0n) is 10.3. The molecule has 2 aromatic heterocycles. The van der Waals surface area contributed by atoms with E-state index in [0.29, 0.717) is 18.4 Å². The molecular formula is C11H17N7. The van der Waals surface area contributed by atoms with E-state index < -0.39 is 0 Å². The van der Waals surface area contributed by atoms with Gasteiger partial charge >= 0.3 is 0 Å². The van der Waals surface area contributed by atoms with E-state index in [1.165, 1.54) is 0 Å². The number of rotatable bonds is 4. The molecule has 0 aliphatic carbocycles. The van der Waals surface area contributed by atoms with Gasteiger partial charge in [-0.2, -0.15) is 10.2 Å². The highest BCUT2D eigenvalue weighted by atomic mass is 15.4. The van der Waals surface area contributed by atoms with Crippen LogP contribution in [0.15, 0.2) is 18.5 Å². The second-order valence-electron chi connectivity index (χ2n) is 4.51. The summed E-state index contributed by atoms with van der Waals surface area (Å²) < 4.78 is 3.69. The number of hydrogen-bond acceptors (Lipinski definition) is 5. The van der Waals surface area contributed by atoms with Crippen LogP contribution >= 0.6 is 0 Å². The summed E-state index contributed by atoms with van der Waals surface area (Å²) in [6.45, 7) is 2.61. The third kappa shape index (κ3) is 1.82. The average Bonchev–Trinajstić information content (AvgIpc) is 2.85. The van der Waals surface area contributed by atoms with Crippen molar-refractivity contribution in [2.24, 2.45) is 7.05 Å². The van der Waals surface area contributed by atoms with Crippen molar-refractivity contribution in [1.82, 2.24) is 24.9 Å². The summed E-state index contributed by atoms with van der Waals surface area (Å²) in [5.41, 5.74) is 6.90. The minimum absolute atomic E-state index is 0.453. The Morgan fingerprint density at radius 1 is 1.50 bits per heavy atom. The first-order chi connectivity index (χ1) is 8.75. The molecule has 0 spiro atoms. The third-order valence-corrected chi connectivity index (χ3v) is 3.30. The molecule has 2 aromatic rings. The van der Waals surface area contributed by atoms with Gasteiger partial charge in [-0.1, -0.05) is 0 Å². The van der Waals surface area contributed by atoms with Crippen molar-refractivity contribution < 1.29 is 0 Å². The lowest BCUT2D eigenvalue weighted by Gasteiger charge is -2.28. The number of anilines is 2. The largest absolute Gasteiger partial charge is 0.384 e. The molecule has 1 fully saturated rings. The average molecular weight is 247 g/mol. The van der Waals surface area contributed by atoms with Crippen LogP contribution in [0.25, 0.3) is 0 Å². The van der Waals surface area contributed by atoms with Crippen LogP contribution in [0.4, 0.5) is 11.6 Å². The summed E-state index contributed by atoms with van der Waals surface area (Å²) in [5.74, 6) is 1.71. The summed E-state index contributed by atoms with van der Waals surface area (Å²) >= 11 is 0. The molecule has 1 aliphatic rings. The number of nitrogens with two attached hydrogens (primary N) is 1. The number of aromatic nitrogens is 4. The van der Waals surface area contributed by atoms with Gasteiger partial charge in [-0.05, 0) is 0 Å². The molecule has 18 heavy (non-hydrogen) atoms. The highest BCUT2D eigenvalue weighted by molar-refractivity contribution is 5.43. The van der Waals surface area contributed by atoms with Gasteiger partial charge in [0.15, 0.2) is 0 Å². The fraction of sp³-hybridized carbons (Fsp3) is 0.455. The first-order valence-electron chi connectivity index (χ1n) is 6.00. The topological polar surface area (TPSA) is 85.7 Å². The van der Waals surface area contributed by atoms with Crippen LogP contribution in [0.5, 0.6) is 0 Å². The van der Waals surface area contributed by atoms with E-state index in [4.69, 9.17) is 5.73 Å². The highest BCUT2D eigenvalue weighted by Crippen LogP contribution is 2.19. The van der Waals surface area contributed by atoms with E-state index in [1.807, 2.05) is 24.0 Å². The lowest BCUT2D eigenvalue weighted by atomic mass is 10.2. The van der Waals surface area contributed by atoms with E-state index in [1.54, 1.807) is 10.9 Å². The molecule has 96 valence electrons. The van der Waals surface area contributed by atoms with Crippen LogP contribution in [-0.4, -0.2) is 32.7 Å². The van der Waals surface area contributed by atoms with Gasteiger partial charge in [0, 0.05) is 38.3 Å². The van der Waals surface area contributed by atoms with Gasteiger partial charge in [-0.15, -0.1) is 0 Å². The number of nitrogen functional groups attached to an aromatic ring is 1. The predicted octanol–water partition coefficient (Wildman–Crippen LogP) is -0.0448. The molecule has 0 radical (unpaired) electrons. The fourth-order valence-corrected chi connectivity index (χ4v) is 2.01. The van der Waals surface area contributed by atoms with Crippen LogP contribution in [0, 0.1) is 0 Å². The van der Waals surface area contributed by atoms with Crippen molar-refractivity contribution in [3.05, 3.63) is 24.0 Å². The van der Waals surface area contributed by atoms with Crippen molar-refractivity contribution >= 4 is 11.6 Å². The Hall–Kier alpha value is -2.02. The summed E-state index contributed by atoms with van der Waals surface area (Å²) in [6, 6.07) is 2.43. The Morgan fingerprint density at radius 3 is 2.94 bits per heavy atom. The van der Waals surface area contributed by atoms with Crippen LogP contribution < -0.4 is 16.4 Å². The molecular weight excluding hydrogens is 230 g/mol. The quantitative estimate of drug-likeness (QED) is 0.705. The maximum Gasteiger partial charge on any atom is 0.126 e. The molecule has 0 atom stereocenters. The molecule has 7 heteroatoms. The predicted molar refractivity (Wildman–Crippen MR) is 69.1 cm³/mol. The fourth-order valence-electron chi connectivity index (χ4n) is 2.01. The Morgan fingerprint density at radius 2 is 2.33 bits per heavy atom. The second kappa shape index (κ2) is 4.34.